The van der Waals surface area contributed by atoms with Crippen molar-refractivity contribution in [2.24, 2.45) is 9.98 Å². The first-order valence-electron chi connectivity index (χ1n) is 19.1. The number of anilines is 1. The predicted octanol–water partition coefficient (Wildman–Crippen LogP) is 8.57. The van der Waals surface area contributed by atoms with Crippen molar-refractivity contribution in [1.29, 1.82) is 0 Å². The fraction of sp³-hybridized carbons (Fsp3) is 0.289. The van der Waals surface area contributed by atoms with Crippen LogP contribution in [0.2, 0.25) is 0 Å². The molecule has 2 atom stereocenters. The second-order valence-corrected chi connectivity index (χ2v) is 13.5. The lowest BCUT2D eigenvalue weighted by Crippen LogP contribution is -2.32. The number of nitrogens with one attached hydrogen (secondary N) is 1. The fourth-order valence-corrected chi connectivity index (χ4v) is 7.22. The van der Waals surface area contributed by atoms with Gasteiger partial charge in [-0.25, -0.2) is 0 Å². The lowest BCUT2D eigenvalue weighted by molar-refractivity contribution is 0.0809. The molecule has 12 nitrogen and oxygen atoms in total. The Kier molecular flexibility index (Phi) is 11.6. The van der Waals surface area contributed by atoms with E-state index in [1.165, 1.54) is 0 Å². The predicted molar refractivity (Wildman–Crippen MR) is 223 cm³/mol. The molecule has 0 saturated heterocycles. The van der Waals surface area contributed by atoms with Gasteiger partial charge >= 0.3 is 0 Å². The van der Waals surface area contributed by atoms with E-state index in [1.54, 1.807) is 55.4 Å². The summed E-state index contributed by atoms with van der Waals surface area (Å²) in [5.74, 6) is 2.31. The van der Waals surface area contributed by atoms with Gasteiger partial charge < -0.3 is 38.8 Å². The standard InChI is InChI=1S/C43H41N5O7.C2H6/c1-44-30-10-6-26(7-11-30)28-16-31-22-45-36-20-40(38(52-3)18-34(36)42(49)47(31)24-28)54-14-5-15-55-41-21-37-35(19-39(41)53-4)43(50)48-25-29(17-32(48)23-46-37)27-8-12-33(51-2)13-9-27;1-2/h6-13,18-25,31-32,44H,5,14-17H2,1-4H3;1-2H3. The number of fused-ring (bicyclic) bond motifs is 4. The first-order valence-corrected chi connectivity index (χ1v) is 19.1. The van der Waals surface area contributed by atoms with Crippen LogP contribution in [0.4, 0.5) is 17.1 Å². The van der Waals surface area contributed by atoms with Gasteiger partial charge in [0.15, 0.2) is 23.0 Å². The van der Waals surface area contributed by atoms with Gasteiger partial charge in [0.05, 0.1) is 69.1 Å². The summed E-state index contributed by atoms with van der Waals surface area (Å²) >= 11 is 0. The maximum absolute atomic E-state index is 13.8. The highest BCUT2D eigenvalue weighted by Gasteiger charge is 2.35. The van der Waals surface area contributed by atoms with Gasteiger partial charge in [0.25, 0.3) is 11.8 Å². The van der Waals surface area contributed by atoms with E-state index in [9.17, 15) is 9.59 Å². The zero-order valence-electron chi connectivity index (χ0n) is 33.1. The molecule has 0 fully saturated rings. The normalized spacial score (nSPS) is 17.4. The lowest BCUT2D eigenvalue weighted by Gasteiger charge is -2.19. The minimum Gasteiger partial charge on any atom is -0.497 e. The highest BCUT2D eigenvalue weighted by atomic mass is 16.5. The van der Waals surface area contributed by atoms with Crippen LogP contribution >= 0.6 is 0 Å². The smallest absolute Gasteiger partial charge is 0.260 e. The molecule has 0 bridgehead atoms. The zero-order chi connectivity index (χ0) is 40.1. The van der Waals surface area contributed by atoms with E-state index in [-0.39, 0.29) is 23.9 Å². The summed E-state index contributed by atoms with van der Waals surface area (Å²) in [4.78, 5) is 40.4. The van der Waals surface area contributed by atoms with Crippen molar-refractivity contribution >= 4 is 52.5 Å². The van der Waals surface area contributed by atoms with Crippen LogP contribution < -0.4 is 29.0 Å². The Morgan fingerprint density at radius 1 is 0.632 bits per heavy atom. The Morgan fingerprint density at radius 3 is 1.51 bits per heavy atom. The summed E-state index contributed by atoms with van der Waals surface area (Å²) in [7, 11) is 6.61. The van der Waals surface area contributed by atoms with Gasteiger partial charge in [-0.05, 0) is 58.7 Å². The van der Waals surface area contributed by atoms with Crippen LogP contribution in [0.3, 0.4) is 0 Å². The van der Waals surface area contributed by atoms with Crippen LogP contribution in [-0.2, 0) is 0 Å². The molecule has 0 aliphatic carbocycles. The second kappa shape index (κ2) is 17.1. The van der Waals surface area contributed by atoms with E-state index >= 15 is 0 Å². The van der Waals surface area contributed by atoms with Crippen molar-refractivity contribution in [2.75, 3.05) is 46.9 Å². The SMILES string of the molecule is CC.CNc1ccc(C2=CN3C(=O)c4cc(OC)c(OCCCOc5cc6c(cc5OC)C(=O)N5C=C(c7ccc(OC)cc7)CC5C=N6)cc4N=CC3C2)cc1. The van der Waals surface area contributed by atoms with Gasteiger partial charge in [-0.3, -0.25) is 19.6 Å². The number of benzene rings is 4. The third kappa shape index (κ3) is 7.80. The molecule has 1 N–H and O–H groups in total. The van der Waals surface area contributed by atoms with Crippen LogP contribution in [0.25, 0.3) is 11.1 Å². The van der Waals surface area contributed by atoms with Gasteiger partial charge in [-0.15, -0.1) is 0 Å². The van der Waals surface area contributed by atoms with E-state index in [1.807, 2.05) is 82.1 Å². The first-order chi connectivity index (χ1) is 27.9. The third-order valence-electron chi connectivity index (χ3n) is 10.2. The number of hydrogen-bond donors (Lipinski definition) is 1. The molecule has 0 saturated carbocycles. The summed E-state index contributed by atoms with van der Waals surface area (Å²) in [5, 5.41) is 3.13. The molecular weight excluding hydrogens is 723 g/mol. The summed E-state index contributed by atoms with van der Waals surface area (Å²) in [6.07, 6.45) is 9.30. The molecule has 0 aromatic heterocycles. The minimum atomic E-state index is -0.202. The van der Waals surface area contributed by atoms with Crippen molar-refractivity contribution in [1.82, 2.24) is 9.80 Å². The third-order valence-corrected chi connectivity index (χ3v) is 10.2. The summed E-state index contributed by atoms with van der Waals surface area (Å²) in [5.41, 5.74) is 7.18. The maximum Gasteiger partial charge on any atom is 0.260 e. The van der Waals surface area contributed by atoms with E-state index < -0.39 is 0 Å². The number of hydrogen-bond acceptors (Lipinski definition) is 10. The lowest BCUT2D eigenvalue weighted by atomic mass is 10.0. The van der Waals surface area contributed by atoms with Crippen molar-refractivity contribution in [3.63, 3.8) is 0 Å². The fourth-order valence-electron chi connectivity index (χ4n) is 7.22. The molecule has 8 rings (SSSR count). The highest BCUT2D eigenvalue weighted by molar-refractivity contribution is 6.06. The minimum absolute atomic E-state index is 0.145. The Morgan fingerprint density at radius 2 is 1.09 bits per heavy atom. The largest absolute Gasteiger partial charge is 0.497 e. The quantitative estimate of drug-likeness (QED) is 0.142. The summed E-state index contributed by atoms with van der Waals surface area (Å²) < 4.78 is 28.8. The molecule has 294 valence electrons. The molecule has 4 aromatic rings. The average Bonchev–Trinajstić information content (AvgIpc) is 3.84. The number of amides is 2. The van der Waals surface area contributed by atoms with Gasteiger partial charge in [0.1, 0.15) is 5.75 Å². The summed E-state index contributed by atoms with van der Waals surface area (Å²) in [6, 6.07) is 22.4. The Bertz CT molecular complexity index is 2100. The van der Waals surface area contributed by atoms with Crippen molar-refractivity contribution < 1.29 is 33.3 Å². The van der Waals surface area contributed by atoms with Crippen molar-refractivity contribution in [3.05, 3.63) is 107 Å². The number of nitrogens with zero attached hydrogens (tertiary/aromatic N) is 4. The number of aliphatic imine (C=N–C) groups is 2. The Balaban J connectivity index is 0.00000244. The topological polar surface area (TPSA) is 124 Å². The number of methoxy groups -OCH3 is 3. The number of carbonyl (C=O) groups is 2. The molecule has 4 heterocycles. The highest BCUT2D eigenvalue weighted by Crippen LogP contribution is 2.42. The van der Waals surface area contributed by atoms with Gasteiger partial charge in [-0.2, -0.15) is 0 Å². The van der Waals surface area contributed by atoms with Gasteiger partial charge in [-0.1, -0.05) is 38.1 Å². The number of rotatable bonds is 12. The maximum atomic E-state index is 13.8. The van der Waals surface area contributed by atoms with Gasteiger partial charge in [0, 0.05) is 69.0 Å². The molecule has 12 heteroatoms. The zero-order valence-corrected chi connectivity index (χ0v) is 33.1. The van der Waals surface area contributed by atoms with E-state index in [0.717, 1.165) is 33.7 Å². The molecule has 2 amide bonds. The monoisotopic (exact) mass is 769 g/mol. The average molecular weight is 770 g/mol. The molecule has 0 spiro atoms. The molecule has 4 aliphatic heterocycles. The summed E-state index contributed by atoms with van der Waals surface area (Å²) in [6.45, 7) is 4.62. The number of ether oxygens (including phenoxy) is 5. The van der Waals surface area contributed by atoms with E-state index in [4.69, 9.17) is 33.7 Å². The Hall–Kier alpha value is -6.56. The van der Waals surface area contributed by atoms with E-state index in [0.29, 0.717) is 78.0 Å². The van der Waals surface area contributed by atoms with Crippen LogP contribution in [0, 0.1) is 0 Å². The van der Waals surface area contributed by atoms with Crippen molar-refractivity contribution in [2.45, 2.75) is 45.2 Å². The second-order valence-electron chi connectivity index (χ2n) is 13.5. The first kappa shape index (κ1) is 38.7. The van der Waals surface area contributed by atoms with Crippen LogP contribution in [0.1, 0.15) is 65.0 Å². The van der Waals surface area contributed by atoms with Gasteiger partial charge in [0.2, 0.25) is 0 Å². The van der Waals surface area contributed by atoms with Crippen LogP contribution in [0.15, 0.2) is 95.2 Å². The van der Waals surface area contributed by atoms with Crippen LogP contribution in [-0.4, -0.2) is 87.7 Å². The van der Waals surface area contributed by atoms with Crippen molar-refractivity contribution in [3.8, 4) is 28.7 Å². The molecule has 4 aliphatic rings. The molecule has 4 aromatic carbocycles. The van der Waals surface area contributed by atoms with E-state index in [2.05, 4.69) is 17.4 Å². The molecule has 0 radical (unpaired) electrons. The molecule has 57 heavy (non-hydrogen) atoms. The number of carbonyl (C=O) groups excluding carboxylic acids is 2. The van der Waals surface area contributed by atoms with Crippen LogP contribution in [0.5, 0.6) is 28.7 Å². The Labute approximate surface area is 333 Å². The molecule has 2 unspecified atom stereocenters. The molecular formula is C45H47N5O7.